The topological polar surface area (TPSA) is 26.3 Å². The highest BCUT2D eigenvalue weighted by Crippen LogP contribution is 2.03. The second-order valence-electron chi connectivity index (χ2n) is 2.49. The maximum Gasteiger partial charge on any atom is 0.314 e. The van der Waals surface area contributed by atoms with Gasteiger partial charge in [0.1, 0.15) is 19.3 Å². The van der Waals surface area contributed by atoms with Crippen LogP contribution < -0.4 is 0 Å². The van der Waals surface area contributed by atoms with Crippen molar-refractivity contribution in [2.45, 2.75) is 20.0 Å². The maximum absolute atomic E-state index is 11.8. The van der Waals surface area contributed by atoms with Gasteiger partial charge in [-0.25, -0.2) is 0 Å². The first kappa shape index (κ1) is 10.3. The van der Waals surface area contributed by atoms with Crippen molar-refractivity contribution >= 4 is 5.97 Å². The summed E-state index contributed by atoms with van der Waals surface area (Å²) in [7, 11) is 0. The molecule has 0 amide bonds. The molecule has 0 saturated heterocycles. The summed E-state index contributed by atoms with van der Waals surface area (Å²) in [5, 5.41) is 0. The fourth-order valence-electron chi connectivity index (χ4n) is 0.496. The van der Waals surface area contributed by atoms with Gasteiger partial charge in [-0.2, -0.15) is 0 Å². The zero-order valence-corrected chi connectivity index (χ0v) is 6.64. The Morgan fingerprint density at radius 2 is 1.82 bits per heavy atom. The van der Waals surface area contributed by atoms with E-state index in [4.69, 9.17) is 0 Å². The Bertz CT molecular complexity index is 122. The quantitative estimate of drug-likeness (QED) is 0.591. The SMILES string of the molecule is CC(C)OC(=O)C(CF)CF. The lowest BCUT2D eigenvalue weighted by molar-refractivity contribution is -0.153. The van der Waals surface area contributed by atoms with Crippen molar-refractivity contribution in [3.63, 3.8) is 0 Å². The van der Waals surface area contributed by atoms with E-state index in [9.17, 15) is 13.6 Å². The standard InChI is InChI=1S/C7H12F2O2/c1-5(2)11-7(10)6(3-8)4-9/h5-6H,3-4H2,1-2H3. The van der Waals surface area contributed by atoms with Gasteiger partial charge in [0.15, 0.2) is 0 Å². The van der Waals surface area contributed by atoms with Gasteiger partial charge in [-0.05, 0) is 13.8 Å². The predicted molar refractivity (Wildman–Crippen MR) is 36.7 cm³/mol. The molecule has 0 aromatic carbocycles. The van der Waals surface area contributed by atoms with E-state index in [1.807, 2.05) is 0 Å². The number of carbonyl (C=O) groups is 1. The van der Waals surface area contributed by atoms with Crippen LogP contribution in [-0.2, 0) is 9.53 Å². The van der Waals surface area contributed by atoms with Gasteiger partial charge in [0.05, 0.1) is 6.10 Å². The Morgan fingerprint density at radius 3 is 2.09 bits per heavy atom. The molecule has 0 unspecified atom stereocenters. The molecule has 0 fully saturated rings. The Balaban J connectivity index is 3.79. The minimum atomic E-state index is -1.24. The summed E-state index contributed by atoms with van der Waals surface area (Å²) < 4.78 is 28.2. The Hall–Kier alpha value is -0.670. The summed E-state index contributed by atoms with van der Waals surface area (Å²) in [6, 6.07) is 0. The van der Waals surface area contributed by atoms with Gasteiger partial charge < -0.3 is 4.74 Å². The number of esters is 1. The minimum absolute atomic E-state index is 0.317. The van der Waals surface area contributed by atoms with Crippen LogP contribution in [0.1, 0.15) is 13.8 Å². The monoisotopic (exact) mass is 166 g/mol. The highest BCUT2D eigenvalue weighted by Gasteiger charge is 2.20. The van der Waals surface area contributed by atoms with Crippen LogP contribution in [0.2, 0.25) is 0 Å². The average Bonchev–Trinajstić information content (AvgIpc) is 1.88. The summed E-state index contributed by atoms with van der Waals surface area (Å²) in [6.07, 6.45) is -0.317. The van der Waals surface area contributed by atoms with Gasteiger partial charge in [-0.1, -0.05) is 0 Å². The number of halogens is 2. The third-order valence-corrected chi connectivity index (χ3v) is 1.06. The molecule has 0 spiro atoms. The minimum Gasteiger partial charge on any atom is -0.463 e. The van der Waals surface area contributed by atoms with Gasteiger partial charge in [0, 0.05) is 0 Å². The summed E-state index contributed by atoms with van der Waals surface area (Å²) in [6.45, 7) is 1.26. The second-order valence-corrected chi connectivity index (χ2v) is 2.49. The van der Waals surface area contributed by atoms with Crippen LogP contribution in [0.15, 0.2) is 0 Å². The molecule has 66 valence electrons. The molecule has 0 atom stereocenters. The first-order valence-electron chi connectivity index (χ1n) is 3.44. The number of hydrogen-bond donors (Lipinski definition) is 0. The molecule has 11 heavy (non-hydrogen) atoms. The maximum atomic E-state index is 11.8. The molecule has 2 nitrogen and oxygen atoms in total. The van der Waals surface area contributed by atoms with E-state index >= 15 is 0 Å². The molecule has 0 aliphatic rings. The molecular formula is C7H12F2O2. The van der Waals surface area contributed by atoms with Crippen LogP contribution in [0.4, 0.5) is 8.78 Å². The number of rotatable bonds is 4. The van der Waals surface area contributed by atoms with E-state index in [1.165, 1.54) is 0 Å². The first-order valence-corrected chi connectivity index (χ1v) is 3.44. The number of alkyl halides is 2. The zero-order chi connectivity index (χ0) is 8.85. The van der Waals surface area contributed by atoms with Crippen molar-refractivity contribution in [1.29, 1.82) is 0 Å². The number of hydrogen-bond acceptors (Lipinski definition) is 2. The van der Waals surface area contributed by atoms with Crippen molar-refractivity contribution < 1.29 is 18.3 Å². The van der Waals surface area contributed by atoms with Gasteiger partial charge in [-0.3, -0.25) is 13.6 Å². The lowest BCUT2D eigenvalue weighted by Gasteiger charge is -2.11. The molecule has 0 heterocycles. The third-order valence-electron chi connectivity index (χ3n) is 1.06. The molecule has 0 aliphatic carbocycles. The van der Waals surface area contributed by atoms with Crippen LogP contribution in [0.5, 0.6) is 0 Å². The number of ether oxygens (including phenoxy) is 1. The number of carbonyl (C=O) groups excluding carboxylic acids is 1. The van der Waals surface area contributed by atoms with Gasteiger partial charge in [0.2, 0.25) is 0 Å². The molecule has 4 heteroatoms. The third kappa shape index (κ3) is 3.91. The smallest absolute Gasteiger partial charge is 0.314 e. The molecular weight excluding hydrogens is 154 g/mol. The Morgan fingerprint density at radius 1 is 1.36 bits per heavy atom. The molecule has 0 saturated carbocycles. The largest absolute Gasteiger partial charge is 0.463 e. The lowest BCUT2D eigenvalue weighted by Crippen LogP contribution is -2.24. The summed E-state index contributed by atoms with van der Waals surface area (Å²) in [4.78, 5) is 10.7. The average molecular weight is 166 g/mol. The van der Waals surface area contributed by atoms with Crippen molar-refractivity contribution in [3.05, 3.63) is 0 Å². The van der Waals surface area contributed by atoms with Crippen molar-refractivity contribution in [2.75, 3.05) is 13.3 Å². The van der Waals surface area contributed by atoms with Crippen LogP contribution in [0.3, 0.4) is 0 Å². The van der Waals surface area contributed by atoms with E-state index in [0.717, 1.165) is 0 Å². The second kappa shape index (κ2) is 5.04. The molecule has 0 bridgehead atoms. The van der Waals surface area contributed by atoms with Crippen molar-refractivity contribution in [1.82, 2.24) is 0 Å². The fraction of sp³-hybridized carbons (Fsp3) is 0.857. The summed E-state index contributed by atoms with van der Waals surface area (Å²) in [5.41, 5.74) is 0. The fourth-order valence-corrected chi connectivity index (χ4v) is 0.496. The Labute approximate surface area is 64.5 Å². The van der Waals surface area contributed by atoms with E-state index in [1.54, 1.807) is 13.8 Å². The lowest BCUT2D eigenvalue weighted by atomic mass is 10.2. The molecule has 0 aromatic rings. The van der Waals surface area contributed by atoms with Crippen LogP contribution in [0, 0.1) is 5.92 Å². The van der Waals surface area contributed by atoms with Crippen LogP contribution in [0.25, 0.3) is 0 Å². The van der Waals surface area contributed by atoms with E-state index in [2.05, 4.69) is 4.74 Å². The van der Waals surface area contributed by atoms with Gasteiger partial charge in [-0.15, -0.1) is 0 Å². The van der Waals surface area contributed by atoms with Crippen LogP contribution >= 0.6 is 0 Å². The van der Waals surface area contributed by atoms with E-state index in [-0.39, 0.29) is 6.10 Å². The van der Waals surface area contributed by atoms with Gasteiger partial charge in [0.25, 0.3) is 0 Å². The Kier molecular flexibility index (Phi) is 4.74. The highest BCUT2D eigenvalue weighted by atomic mass is 19.1. The normalized spacial score (nSPS) is 10.7. The summed E-state index contributed by atoms with van der Waals surface area (Å²) >= 11 is 0. The molecule has 0 aromatic heterocycles. The zero-order valence-electron chi connectivity index (χ0n) is 6.64. The molecule has 0 N–H and O–H groups in total. The highest BCUT2D eigenvalue weighted by molar-refractivity contribution is 5.72. The van der Waals surface area contributed by atoms with Crippen LogP contribution in [-0.4, -0.2) is 25.4 Å². The first-order chi connectivity index (χ1) is 5.11. The van der Waals surface area contributed by atoms with Gasteiger partial charge >= 0.3 is 5.97 Å². The molecule has 0 aliphatic heterocycles. The molecule has 0 radical (unpaired) electrons. The summed E-state index contributed by atoms with van der Waals surface area (Å²) in [5.74, 6) is -2.04. The van der Waals surface area contributed by atoms with Crippen molar-refractivity contribution in [2.24, 2.45) is 5.92 Å². The van der Waals surface area contributed by atoms with Crippen molar-refractivity contribution in [3.8, 4) is 0 Å². The van der Waals surface area contributed by atoms with E-state index in [0.29, 0.717) is 0 Å². The molecule has 0 rings (SSSR count). The van der Waals surface area contributed by atoms with E-state index < -0.39 is 25.2 Å². The predicted octanol–water partition coefficient (Wildman–Crippen LogP) is 1.49.